The van der Waals surface area contributed by atoms with Gasteiger partial charge in [0.15, 0.2) is 0 Å². The number of carbonyl (C=O) groups excluding carboxylic acids is 1. The Labute approximate surface area is 193 Å². The molecule has 0 bridgehead atoms. The van der Waals surface area contributed by atoms with Crippen LogP contribution in [-0.4, -0.2) is 10.9 Å². The lowest BCUT2D eigenvalue weighted by Gasteiger charge is -2.21. The molecule has 1 atom stereocenters. The summed E-state index contributed by atoms with van der Waals surface area (Å²) >= 11 is 0. The third-order valence-electron chi connectivity index (χ3n) is 5.80. The van der Waals surface area contributed by atoms with Crippen LogP contribution < -0.4 is 5.32 Å². The summed E-state index contributed by atoms with van der Waals surface area (Å²) in [7, 11) is 0. The van der Waals surface area contributed by atoms with E-state index in [-0.39, 0.29) is 11.9 Å². The van der Waals surface area contributed by atoms with Crippen molar-refractivity contribution < 1.29 is 4.79 Å². The number of amides is 1. The first-order valence-electron chi connectivity index (χ1n) is 11.1. The minimum Gasteiger partial charge on any atom is -0.343 e. The van der Waals surface area contributed by atoms with Crippen LogP contribution in [0.1, 0.15) is 27.7 Å². The molecule has 0 saturated carbocycles. The molecule has 1 unspecified atom stereocenters. The zero-order valence-electron chi connectivity index (χ0n) is 18.2. The number of nitrogens with zero attached hydrogens (tertiary/aromatic N) is 1. The van der Waals surface area contributed by atoms with Crippen molar-refractivity contribution in [2.45, 2.75) is 12.5 Å². The number of para-hydroxylation sites is 1. The van der Waals surface area contributed by atoms with Gasteiger partial charge in [-0.05, 0) is 47.4 Å². The highest BCUT2D eigenvalue weighted by Gasteiger charge is 2.20. The van der Waals surface area contributed by atoms with Crippen LogP contribution in [0.25, 0.3) is 22.0 Å². The van der Waals surface area contributed by atoms with E-state index in [4.69, 9.17) is 4.98 Å². The molecule has 0 aliphatic heterocycles. The molecular weight excluding hydrogens is 404 g/mol. The SMILES string of the molecule is O=C(NC(Cc1ccccc1)c1cc(-c2ccccc2)c2ccccc2n1)c1ccccc1. The summed E-state index contributed by atoms with van der Waals surface area (Å²) in [5.41, 5.74) is 5.79. The van der Waals surface area contributed by atoms with Crippen molar-refractivity contribution >= 4 is 16.8 Å². The molecule has 3 heteroatoms. The Morgan fingerprint density at radius 2 is 1.33 bits per heavy atom. The maximum atomic E-state index is 13.1. The third kappa shape index (κ3) is 4.68. The average molecular weight is 429 g/mol. The predicted molar refractivity (Wildman–Crippen MR) is 134 cm³/mol. The Hall–Kier alpha value is -4.24. The van der Waals surface area contributed by atoms with Crippen molar-refractivity contribution in [3.63, 3.8) is 0 Å². The number of rotatable bonds is 6. The van der Waals surface area contributed by atoms with Crippen LogP contribution in [0.5, 0.6) is 0 Å². The molecule has 0 spiro atoms. The third-order valence-corrected chi connectivity index (χ3v) is 5.80. The van der Waals surface area contributed by atoms with Gasteiger partial charge in [0.1, 0.15) is 0 Å². The van der Waals surface area contributed by atoms with Gasteiger partial charge in [-0.3, -0.25) is 9.78 Å². The largest absolute Gasteiger partial charge is 0.343 e. The predicted octanol–water partition coefficient (Wildman–Crippen LogP) is 6.62. The summed E-state index contributed by atoms with van der Waals surface area (Å²) in [5.74, 6) is -0.104. The summed E-state index contributed by atoms with van der Waals surface area (Å²) in [6.07, 6.45) is 0.652. The molecule has 0 aliphatic carbocycles. The van der Waals surface area contributed by atoms with E-state index in [0.29, 0.717) is 12.0 Å². The molecule has 0 fully saturated rings. The Balaban J connectivity index is 1.60. The van der Waals surface area contributed by atoms with E-state index < -0.39 is 0 Å². The standard InChI is InChI=1S/C30H24N2O/c33-30(24-16-8-3-9-17-24)32-28(20-22-12-4-1-5-13-22)29-21-26(23-14-6-2-7-15-23)25-18-10-11-19-27(25)31-29/h1-19,21,28H,20H2,(H,32,33). The lowest BCUT2D eigenvalue weighted by atomic mass is 9.96. The number of aromatic nitrogens is 1. The van der Waals surface area contributed by atoms with Gasteiger partial charge in [-0.25, -0.2) is 0 Å². The van der Waals surface area contributed by atoms with Gasteiger partial charge in [-0.2, -0.15) is 0 Å². The highest BCUT2D eigenvalue weighted by atomic mass is 16.1. The molecule has 1 heterocycles. The van der Waals surface area contributed by atoms with Crippen molar-refractivity contribution in [2.75, 3.05) is 0 Å². The molecule has 1 aromatic heterocycles. The van der Waals surface area contributed by atoms with Gasteiger partial charge < -0.3 is 5.32 Å². The van der Waals surface area contributed by atoms with Crippen molar-refractivity contribution in [2.24, 2.45) is 0 Å². The summed E-state index contributed by atoms with van der Waals surface area (Å²) in [4.78, 5) is 18.1. The van der Waals surface area contributed by atoms with Crippen molar-refractivity contribution in [1.29, 1.82) is 0 Å². The molecule has 1 amide bonds. The van der Waals surface area contributed by atoms with Crippen LogP contribution in [0, 0.1) is 0 Å². The molecule has 0 aliphatic rings. The minimum atomic E-state index is -0.271. The lowest BCUT2D eigenvalue weighted by molar-refractivity contribution is 0.0935. The number of hydrogen-bond acceptors (Lipinski definition) is 2. The molecule has 160 valence electrons. The summed E-state index contributed by atoms with van der Waals surface area (Å²) in [6.45, 7) is 0. The fourth-order valence-electron chi connectivity index (χ4n) is 4.14. The molecule has 0 radical (unpaired) electrons. The number of benzene rings is 4. The first-order chi connectivity index (χ1) is 16.3. The van der Waals surface area contributed by atoms with Crippen LogP contribution in [0.4, 0.5) is 0 Å². The normalized spacial score (nSPS) is 11.8. The smallest absolute Gasteiger partial charge is 0.251 e. The molecule has 4 aromatic carbocycles. The first kappa shape index (κ1) is 20.7. The van der Waals surface area contributed by atoms with Crippen LogP contribution in [0.15, 0.2) is 121 Å². The van der Waals surface area contributed by atoms with Crippen LogP contribution in [0.2, 0.25) is 0 Å². The molecule has 33 heavy (non-hydrogen) atoms. The number of carbonyl (C=O) groups is 1. The van der Waals surface area contributed by atoms with Gasteiger partial charge in [0.25, 0.3) is 5.91 Å². The fourth-order valence-corrected chi connectivity index (χ4v) is 4.14. The Morgan fingerprint density at radius 3 is 2.06 bits per heavy atom. The Morgan fingerprint density at radius 1 is 0.727 bits per heavy atom. The second kappa shape index (κ2) is 9.49. The number of hydrogen-bond donors (Lipinski definition) is 1. The van der Waals surface area contributed by atoms with E-state index in [0.717, 1.165) is 33.3 Å². The van der Waals surface area contributed by atoms with E-state index in [1.807, 2.05) is 84.9 Å². The van der Waals surface area contributed by atoms with Crippen LogP contribution in [0.3, 0.4) is 0 Å². The molecule has 0 saturated heterocycles. The number of nitrogens with one attached hydrogen (secondary N) is 1. The summed E-state index contributed by atoms with van der Waals surface area (Å²) in [6, 6.07) is 39.9. The van der Waals surface area contributed by atoms with E-state index in [1.54, 1.807) is 0 Å². The van der Waals surface area contributed by atoms with Gasteiger partial charge in [0, 0.05) is 10.9 Å². The van der Waals surface area contributed by atoms with Crippen LogP contribution in [-0.2, 0) is 6.42 Å². The molecular formula is C30H24N2O. The minimum absolute atomic E-state index is 0.104. The lowest BCUT2D eigenvalue weighted by Crippen LogP contribution is -2.30. The first-order valence-corrected chi connectivity index (χ1v) is 11.1. The molecule has 3 nitrogen and oxygen atoms in total. The van der Waals surface area contributed by atoms with E-state index in [1.165, 1.54) is 0 Å². The highest BCUT2D eigenvalue weighted by Crippen LogP contribution is 2.31. The van der Waals surface area contributed by atoms with Crippen molar-refractivity contribution in [3.05, 3.63) is 138 Å². The van der Waals surface area contributed by atoms with Gasteiger partial charge >= 0.3 is 0 Å². The van der Waals surface area contributed by atoms with E-state index >= 15 is 0 Å². The van der Waals surface area contributed by atoms with Gasteiger partial charge in [0.2, 0.25) is 0 Å². The quantitative estimate of drug-likeness (QED) is 0.330. The fraction of sp³-hybridized carbons (Fsp3) is 0.0667. The zero-order valence-corrected chi connectivity index (χ0v) is 18.2. The van der Waals surface area contributed by atoms with E-state index in [9.17, 15) is 4.79 Å². The second-order valence-electron chi connectivity index (χ2n) is 8.06. The number of fused-ring (bicyclic) bond motifs is 1. The van der Waals surface area contributed by atoms with Crippen molar-refractivity contribution in [1.82, 2.24) is 10.3 Å². The average Bonchev–Trinajstić information content (AvgIpc) is 2.89. The van der Waals surface area contributed by atoms with E-state index in [2.05, 4.69) is 41.7 Å². The second-order valence-corrected chi connectivity index (χ2v) is 8.06. The Bertz CT molecular complexity index is 1370. The zero-order chi connectivity index (χ0) is 22.5. The molecule has 1 N–H and O–H groups in total. The maximum Gasteiger partial charge on any atom is 0.251 e. The van der Waals surface area contributed by atoms with Crippen molar-refractivity contribution in [3.8, 4) is 11.1 Å². The summed E-state index contributed by atoms with van der Waals surface area (Å²) < 4.78 is 0. The van der Waals surface area contributed by atoms with Gasteiger partial charge in [-0.1, -0.05) is 97.1 Å². The topological polar surface area (TPSA) is 42.0 Å². The van der Waals surface area contributed by atoms with Crippen LogP contribution >= 0.6 is 0 Å². The molecule has 5 aromatic rings. The van der Waals surface area contributed by atoms with Gasteiger partial charge in [-0.15, -0.1) is 0 Å². The monoisotopic (exact) mass is 428 g/mol. The highest BCUT2D eigenvalue weighted by molar-refractivity contribution is 5.96. The summed E-state index contributed by atoms with van der Waals surface area (Å²) in [5, 5.41) is 4.34. The van der Waals surface area contributed by atoms with Gasteiger partial charge in [0.05, 0.1) is 17.3 Å². The maximum absolute atomic E-state index is 13.1. The Kier molecular flexibility index (Phi) is 5.94. The molecule has 5 rings (SSSR count). The number of pyridine rings is 1.